The molecule has 1 N–H and O–H groups in total. The fraction of sp³-hybridized carbons (Fsp3) is 0.500. The van der Waals surface area contributed by atoms with Crippen molar-refractivity contribution in [1.82, 2.24) is 15.2 Å². The molecule has 1 aliphatic heterocycles. The molecule has 5 heteroatoms. The zero-order valence-corrected chi connectivity index (χ0v) is 11.0. The van der Waals surface area contributed by atoms with Crippen LogP contribution in [0.25, 0.3) is 0 Å². The molecule has 1 aromatic heterocycles. The lowest BCUT2D eigenvalue weighted by Crippen LogP contribution is -2.43. The number of aromatic nitrogens is 1. The highest BCUT2D eigenvalue weighted by Crippen LogP contribution is 2.12. The first-order valence-corrected chi connectivity index (χ1v) is 6.49. The monoisotopic (exact) mass is 258 g/mol. The average molecular weight is 258 g/mol. The first-order chi connectivity index (χ1) is 9.20. The molecule has 1 aromatic rings. The number of carbonyl (C=O) groups excluding carboxylic acids is 1. The third kappa shape index (κ3) is 3.52. The lowest BCUT2D eigenvalue weighted by Gasteiger charge is -2.24. The Morgan fingerprint density at radius 1 is 1.58 bits per heavy atom. The molecule has 2 atom stereocenters. The molecule has 2 unspecified atom stereocenters. The van der Waals surface area contributed by atoms with E-state index in [2.05, 4.69) is 23.3 Å². The standard InChI is InChI=1S/C14H18N4O/c1-11-8-17-13(5-6-15)14(19)18(9-11)10-12-4-2-3-7-16-12/h2-4,7,11,13,17H,5,8-10H2,1H3. The fourth-order valence-electron chi connectivity index (χ4n) is 2.26. The van der Waals surface area contributed by atoms with Crippen LogP contribution in [-0.2, 0) is 11.3 Å². The van der Waals surface area contributed by atoms with Gasteiger partial charge in [-0.25, -0.2) is 0 Å². The van der Waals surface area contributed by atoms with Gasteiger partial charge in [-0.2, -0.15) is 5.26 Å². The Labute approximate surface area is 113 Å². The quantitative estimate of drug-likeness (QED) is 0.875. The Morgan fingerprint density at radius 2 is 2.42 bits per heavy atom. The maximum Gasteiger partial charge on any atom is 0.241 e. The number of hydrogen-bond donors (Lipinski definition) is 1. The third-order valence-corrected chi connectivity index (χ3v) is 3.23. The topological polar surface area (TPSA) is 69.0 Å². The molecule has 1 amide bonds. The van der Waals surface area contributed by atoms with Crippen LogP contribution in [0.1, 0.15) is 19.0 Å². The van der Waals surface area contributed by atoms with Crippen molar-refractivity contribution >= 4 is 5.91 Å². The second kappa shape index (κ2) is 6.30. The Kier molecular flexibility index (Phi) is 4.48. The summed E-state index contributed by atoms with van der Waals surface area (Å²) in [7, 11) is 0. The van der Waals surface area contributed by atoms with Crippen molar-refractivity contribution in [3.05, 3.63) is 30.1 Å². The zero-order valence-electron chi connectivity index (χ0n) is 11.0. The van der Waals surface area contributed by atoms with E-state index in [0.717, 1.165) is 12.2 Å². The molecule has 100 valence electrons. The number of hydrogen-bond acceptors (Lipinski definition) is 4. The van der Waals surface area contributed by atoms with Crippen LogP contribution in [0.3, 0.4) is 0 Å². The van der Waals surface area contributed by atoms with Gasteiger partial charge in [-0.15, -0.1) is 0 Å². The van der Waals surface area contributed by atoms with Crippen molar-refractivity contribution in [3.63, 3.8) is 0 Å². The van der Waals surface area contributed by atoms with Crippen LogP contribution >= 0.6 is 0 Å². The van der Waals surface area contributed by atoms with Gasteiger partial charge in [-0.05, 0) is 18.1 Å². The van der Waals surface area contributed by atoms with Gasteiger partial charge in [0.2, 0.25) is 5.91 Å². The van der Waals surface area contributed by atoms with Crippen molar-refractivity contribution in [2.75, 3.05) is 13.1 Å². The van der Waals surface area contributed by atoms with Gasteiger partial charge >= 0.3 is 0 Å². The summed E-state index contributed by atoms with van der Waals surface area (Å²) >= 11 is 0. The Morgan fingerprint density at radius 3 is 3.11 bits per heavy atom. The number of pyridine rings is 1. The minimum absolute atomic E-state index is 0.00319. The highest BCUT2D eigenvalue weighted by molar-refractivity contribution is 5.82. The average Bonchev–Trinajstić information content (AvgIpc) is 2.54. The van der Waals surface area contributed by atoms with Crippen LogP contribution in [0.5, 0.6) is 0 Å². The van der Waals surface area contributed by atoms with Crippen LogP contribution in [0.4, 0.5) is 0 Å². The van der Waals surface area contributed by atoms with Crippen molar-refractivity contribution < 1.29 is 4.79 Å². The van der Waals surface area contributed by atoms with Crippen LogP contribution in [0.2, 0.25) is 0 Å². The summed E-state index contributed by atoms with van der Waals surface area (Å²) in [6, 6.07) is 7.36. The van der Waals surface area contributed by atoms with E-state index in [9.17, 15) is 4.79 Å². The second-order valence-corrected chi connectivity index (χ2v) is 4.97. The zero-order chi connectivity index (χ0) is 13.7. The molecule has 2 rings (SSSR count). The molecule has 0 saturated carbocycles. The van der Waals surface area contributed by atoms with Crippen molar-refractivity contribution in [2.45, 2.75) is 25.9 Å². The third-order valence-electron chi connectivity index (χ3n) is 3.23. The van der Waals surface area contributed by atoms with E-state index in [0.29, 0.717) is 19.0 Å². The van der Waals surface area contributed by atoms with Gasteiger partial charge in [0.25, 0.3) is 0 Å². The van der Waals surface area contributed by atoms with E-state index in [-0.39, 0.29) is 12.3 Å². The van der Waals surface area contributed by atoms with Crippen LogP contribution < -0.4 is 5.32 Å². The fourth-order valence-corrected chi connectivity index (χ4v) is 2.26. The van der Waals surface area contributed by atoms with E-state index in [1.165, 1.54) is 0 Å². The molecule has 0 aliphatic carbocycles. The minimum Gasteiger partial charge on any atom is -0.335 e. The summed E-state index contributed by atoms with van der Waals surface area (Å²) in [6.45, 7) is 4.06. The number of nitrogens with one attached hydrogen (secondary N) is 1. The van der Waals surface area contributed by atoms with E-state index in [1.807, 2.05) is 18.2 Å². The first-order valence-electron chi connectivity index (χ1n) is 6.49. The number of nitrogens with zero attached hydrogens (tertiary/aromatic N) is 3. The summed E-state index contributed by atoms with van der Waals surface area (Å²) in [5.74, 6) is 0.368. The Bertz CT molecular complexity index is 468. The van der Waals surface area contributed by atoms with E-state index in [1.54, 1.807) is 11.1 Å². The molecule has 1 aliphatic rings. The molecule has 0 aromatic carbocycles. The summed E-state index contributed by atoms with van der Waals surface area (Å²) in [4.78, 5) is 18.4. The van der Waals surface area contributed by atoms with Gasteiger partial charge in [0, 0.05) is 19.3 Å². The van der Waals surface area contributed by atoms with E-state index >= 15 is 0 Å². The number of nitriles is 1. The Balaban J connectivity index is 2.12. The number of rotatable bonds is 3. The highest BCUT2D eigenvalue weighted by atomic mass is 16.2. The van der Waals surface area contributed by atoms with Gasteiger partial charge in [0.15, 0.2) is 0 Å². The van der Waals surface area contributed by atoms with Gasteiger partial charge in [-0.1, -0.05) is 13.0 Å². The van der Waals surface area contributed by atoms with Crippen molar-refractivity contribution in [2.24, 2.45) is 5.92 Å². The van der Waals surface area contributed by atoms with Crippen LogP contribution in [-0.4, -0.2) is 34.9 Å². The largest absolute Gasteiger partial charge is 0.335 e. The molecular formula is C14H18N4O. The molecule has 0 bridgehead atoms. The van der Waals surface area contributed by atoms with Gasteiger partial charge in [0.1, 0.15) is 0 Å². The lowest BCUT2D eigenvalue weighted by molar-refractivity contribution is -0.133. The predicted octanol–water partition coefficient (Wildman–Crippen LogP) is 0.932. The lowest BCUT2D eigenvalue weighted by atomic mass is 10.1. The predicted molar refractivity (Wildman–Crippen MR) is 70.8 cm³/mol. The SMILES string of the molecule is CC1CNC(CC#N)C(=O)N(Cc2ccccn2)C1. The first kappa shape index (κ1) is 13.5. The van der Waals surface area contributed by atoms with Crippen molar-refractivity contribution in [1.29, 1.82) is 5.26 Å². The van der Waals surface area contributed by atoms with Crippen LogP contribution in [0, 0.1) is 17.2 Å². The molecule has 0 spiro atoms. The summed E-state index contributed by atoms with van der Waals surface area (Å²) in [5.41, 5.74) is 0.876. The summed E-state index contributed by atoms with van der Waals surface area (Å²) in [5, 5.41) is 12.0. The van der Waals surface area contributed by atoms with Crippen molar-refractivity contribution in [3.8, 4) is 6.07 Å². The molecule has 5 nitrogen and oxygen atoms in total. The van der Waals surface area contributed by atoms with Gasteiger partial charge in [-0.3, -0.25) is 9.78 Å². The maximum absolute atomic E-state index is 12.4. The van der Waals surface area contributed by atoms with Gasteiger partial charge in [0.05, 0.1) is 30.8 Å². The molecule has 0 radical (unpaired) electrons. The van der Waals surface area contributed by atoms with Crippen LogP contribution in [0.15, 0.2) is 24.4 Å². The second-order valence-electron chi connectivity index (χ2n) is 4.97. The van der Waals surface area contributed by atoms with E-state index in [4.69, 9.17) is 5.26 Å². The normalized spacial score (nSPS) is 23.8. The summed E-state index contributed by atoms with van der Waals surface area (Å²) < 4.78 is 0. The minimum atomic E-state index is -0.390. The molecular weight excluding hydrogens is 240 g/mol. The number of carbonyl (C=O) groups is 1. The van der Waals surface area contributed by atoms with Gasteiger partial charge < -0.3 is 10.2 Å². The molecule has 1 fully saturated rings. The summed E-state index contributed by atoms with van der Waals surface area (Å²) in [6.07, 6.45) is 1.94. The maximum atomic E-state index is 12.4. The highest BCUT2D eigenvalue weighted by Gasteiger charge is 2.29. The molecule has 19 heavy (non-hydrogen) atoms. The smallest absolute Gasteiger partial charge is 0.241 e. The molecule has 2 heterocycles. The van der Waals surface area contributed by atoms with E-state index < -0.39 is 6.04 Å². The number of amides is 1. The Hall–Kier alpha value is -1.93. The molecule has 1 saturated heterocycles.